The number of aryl methyl sites for hydroxylation is 1. The van der Waals surface area contributed by atoms with Crippen molar-refractivity contribution in [3.8, 4) is 0 Å². The highest BCUT2D eigenvalue weighted by atomic mass is 35.5. The van der Waals surface area contributed by atoms with E-state index in [2.05, 4.69) is 10.5 Å². The minimum absolute atomic E-state index is 0.129. The molecule has 0 bridgehead atoms. The number of carbonyl (C=O) groups excluding carboxylic acids is 1. The average molecular weight is 287 g/mol. The van der Waals surface area contributed by atoms with Crippen LogP contribution < -0.4 is 5.32 Å². The summed E-state index contributed by atoms with van der Waals surface area (Å²) in [5, 5.41) is 16.9. The molecule has 5 nitrogen and oxygen atoms in total. The van der Waals surface area contributed by atoms with Crippen LogP contribution in [0.4, 0.5) is 0 Å². The number of carbonyl (C=O) groups is 1. The Balaban J connectivity index is 1.85. The summed E-state index contributed by atoms with van der Waals surface area (Å²) < 4.78 is 4.80. The Morgan fingerprint density at radius 3 is 2.74 bits per heavy atom. The summed E-state index contributed by atoms with van der Waals surface area (Å²) in [6.07, 6.45) is 4.82. The highest BCUT2D eigenvalue weighted by Gasteiger charge is 2.29. The van der Waals surface area contributed by atoms with E-state index in [-0.39, 0.29) is 17.5 Å². The van der Waals surface area contributed by atoms with E-state index in [9.17, 15) is 9.90 Å². The molecule has 1 amide bonds. The van der Waals surface area contributed by atoms with Crippen molar-refractivity contribution in [2.75, 3.05) is 6.54 Å². The largest absolute Gasteiger partial charge is 0.388 e. The highest BCUT2D eigenvalue weighted by molar-refractivity contribution is 6.29. The predicted octanol–water partition coefficient (Wildman–Crippen LogP) is 1.99. The fourth-order valence-electron chi connectivity index (χ4n) is 2.43. The Labute approximate surface area is 117 Å². The molecule has 1 saturated carbocycles. The first kappa shape index (κ1) is 14.3. The van der Waals surface area contributed by atoms with E-state index >= 15 is 0 Å². The normalized spacial score (nSPS) is 18.3. The summed E-state index contributed by atoms with van der Waals surface area (Å²) in [4.78, 5) is 11.8. The van der Waals surface area contributed by atoms with Crippen LogP contribution >= 0.6 is 11.6 Å². The number of hydrogen-bond acceptors (Lipinski definition) is 4. The van der Waals surface area contributed by atoms with Gasteiger partial charge in [-0.15, -0.1) is 0 Å². The summed E-state index contributed by atoms with van der Waals surface area (Å²) in [5.41, 5.74) is 0.479. The fourth-order valence-corrected chi connectivity index (χ4v) is 2.67. The lowest BCUT2D eigenvalue weighted by atomic mass is 9.85. The Bertz CT molecular complexity index is 433. The zero-order valence-electron chi connectivity index (χ0n) is 11.0. The SMILES string of the molecule is Cc1noc(Cl)c1CC(=O)NCC1(O)CCCCC1. The second-order valence-electron chi connectivity index (χ2n) is 5.26. The molecule has 0 radical (unpaired) electrons. The number of amides is 1. The number of aromatic nitrogens is 1. The van der Waals surface area contributed by atoms with Gasteiger partial charge in [0.25, 0.3) is 0 Å². The van der Waals surface area contributed by atoms with Gasteiger partial charge in [-0.2, -0.15) is 0 Å². The molecule has 106 valence electrons. The number of nitrogens with zero attached hydrogens (tertiary/aromatic N) is 1. The molecule has 1 aromatic heterocycles. The smallest absolute Gasteiger partial charge is 0.229 e. The molecule has 6 heteroatoms. The van der Waals surface area contributed by atoms with Crippen molar-refractivity contribution in [2.45, 2.75) is 51.0 Å². The van der Waals surface area contributed by atoms with Gasteiger partial charge in [0.2, 0.25) is 11.1 Å². The summed E-state index contributed by atoms with van der Waals surface area (Å²) >= 11 is 5.81. The average Bonchev–Trinajstić information content (AvgIpc) is 2.69. The lowest BCUT2D eigenvalue weighted by molar-refractivity contribution is -0.122. The van der Waals surface area contributed by atoms with Crippen molar-refractivity contribution in [3.05, 3.63) is 16.5 Å². The van der Waals surface area contributed by atoms with E-state index < -0.39 is 5.60 Å². The third-order valence-electron chi connectivity index (χ3n) is 3.67. The molecule has 1 aliphatic rings. The molecule has 1 heterocycles. The van der Waals surface area contributed by atoms with Crippen LogP contribution in [0.3, 0.4) is 0 Å². The summed E-state index contributed by atoms with van der Waals surface area (Å²) in [5.74, 6) is -0.174. The molecule has 0 unspecified atom stereocenters. The lowest BCUT2D eigenvalue weighted by Gasteiger charge is -2.32. The molecule has 2 rings (SSSR count). The van der Waals surface area contributed by atoms with Crippen LogP contribution in [0.1, 0.15) is 43.4 Å². The Morgan fingerprint density at radius 1 is 1.47 bits per heavy atom. The quantitative estimate of drug-likeness (QED) is 0.887. The van der Waals surface area contributed by atoms with Crippen molar-refractivity contribution < 1.29 is 14.4 Å². The highest BCUT2D eigenvalue weighted by Crippen LogP contribution is 2.27. The van der Waals surface area contributed by atoms with Gasteiger partial charge in [-0.1, -0.05) is 24.4 Å². The summed E-state index contributed by atoms with van der Waals surface area (Å²) in [6, 6.07) is 0. The molecular formula is C13H19ClN2O3. The van der Waals surface area contributed by atoms with E-state index in [4.69, 9.17) is 16.1 Å². The van der Waals surface area contributed by atoms with Gasteiger partial charge < -0.3 is 14.9 Å². The van der Waals surface area contributed by atoms with Gasteiger partial charge in [0.05, 0.1) is 17.7 Å². The zero-order valence-corrected chi connectivity index (χ0v) is 11.8. The van der Waals surface area contributed by atoms with Crippen LogP contribution in [0.2, 0.25) is 5.22 Å². The van der Waals surface area contributed by atoms with E-state index in [0.717, 1.165) is 32.1 Å². The first-order chi connectivity index (χ1) is 9.00. The number of hydrogen-bond donors (Lipinski definition) is 2. The van der Waals surface area contributed by atoms with Gasteiger partial charge in [0, 0.05) is 12.1 Å². The molecule has 19 heavy (non-hydrogen) atoms. The van der Waals surface area contributed by atoms with E-state index in [0.29, 0.717) is 17.8 Å². The Hall–Kier alpha value is -1.07. The standard InChI is InChI=1S/C13H19ClN2O3/c1-9-10(12(14)19-16-9)7-11(17)15-8-13(18)5-3-2-4-6-13/h18H,2-8H2,1H3,(H,15,17). The Kier molecular flexibility index (Phi) is 4.47. The summed E-state index contributed by atoms with van der Waals surface area (Å²) in [6.45, 7) is 2.04. The second kappa shape index (κ2) is 5.92. The predicted molar refractivity (Wildman–Crippen MR) is 71.0 cm³/mol. The van der Waals surface area contributed by atoms with E-state index in [1.165, 1.54) is 0 Å². The molecule has 1 aromatic rings. The van der Waals surface area contributed by atoms with Gasteiger partial charge in [0.1, 0.15) is 0 Å². The first-order valence-corrected chi connectivity index (χ1v) is 6.98. The monoisotopic (exact) mass is 286 g/mol. The topological polar surface area (TPSA) is 75.4 Å². The van der Waals surface area contributed by atoms with Crippen LogP contribution in [0.25, 0.3) is 0 Å². The fraction of sp³-hybridized carbons (Fsp3) is 0.692. The van der Waals surface area contributed by atoms with Gasteiger partial charge >= 0.3 is 0 Å². The zero-order chi connectivity index (χ0) is 13.9. The van der Waals surface area contributed by atoms with Crippen molar-refractivity contribution in [1.82, 2.24) is 10.5 Å². The van der Waals surface area contributed by atoms with Gasteiger partial charge in [-0.25, -0.2) is 0 Å². The molecule has 2 N–H and O–H groups in total. The van der Waals surface area contributed by atoms with Gasteiger partial charge in [-0.3, -0.25) is 4.79 Å². The number of halogens is 1. The number of aliphatic hydroxyl groups is 1. The van der Waals surface area contributed by atoms with E-state index in [1.807, 2.05) is 0 Å². The maximum absolute atomic E-state index is 11.8. The third kappa shape index (κ3) is 3.70. The minimum Gasteiger partial charge on any atom is -0.388 e. The van der Waals surface area contributed by atoms with Gasteiger partial charge in [-0.05, 0) is 31.4 Å². The maximum Gasteiger partial charge on any atom is 0.229 e. The minimum atomic E-state index is -0.749. The molecule has 0 aromatic carbocycles. The van der Waals surface area contributed by atoms with Crippen molar-refractivity contribution in [1.29, 1.82) is 0 Å². The van der Waals surface area contributed by atoms with Crippen LogP contribution in [-0.4, -0.2) is 28.3 Å². The van der Waals surface area contributed by atoms with Crippen molar-refractivity contribution >= 4 is 17.5 Å². The molecular weight excluding hydrogens is 268 g/mol. The summed E-state index contributed by atoms with van der Waals surface area (Å²) in [7, 11) is 0. The van der Waals surface area contributed by atoms with Crippen molar-refractivity contribution in [2.24, 2.45) is 0 Å². The first-order valence-electron chi connectivity index (χ1n) is 6.60. The number of nitrogens with one attached hydrogen (secondary N) is 1. The maximum atomic E-state index is 11.8. The van der Waals surface area contributed by atoms with Crippen LogP contribution in [0, 0.1) is 6.92 Å². The second-order valence-corrected chi connectivity index (χ2v) is 5.60. The van der Waals surface area contributed by atoms with Crippen LogP contribution in [0.5, 0.6) is 0 Å². The molecule has 0 spiro atoms. The lowest BCUT2D eigenvalue weighted by Crippen LogP contribution is -2.44. The van der Waals surface area contributed by atoms with E-state index in [1.54, 1.807) is 6.92 Å². The molecule has 0 aliphatic heterocycles. The van der Waals surface area contributed by atoms with Crippen molar-refractivity contribution in [3.63, 3.8) is 0 Å². The molecule has 1 fully saturated rings. The molecule has 1 aliphatic carbocycles. The van der Waals surface area contributed by atoms with Gasteiger partial charge in [0.15, 0.2) is 0 Å². The van der Waals surface area contributed by atoms with Crippen LogP contribution in [-0.2, 0) is 11.2 Å². The molecule has 0 saturated heterocycles. The number of rotatable bonds is 4. The van der Waals surface area contributed by atoms with Crippen LogP contribution in [0.15, 0.2) is 4.52 Å². The molecule has 0 atom stereocenters. The Morgan fingerprint density at radius 2 is 2.16 bits per heavy atom. The third-order valence-corrected chi connectivity index (χ3v) is 3.97.